The molecule has 0 bridgehead atoms. The summed E-state index contributed by atoms with van der Waals surface area (Å²) in [5.74, 6) is -1.85. The van der Waals surface area contributed by atoms with E-state index in [1.54, 1.807) is 0 Å². The van der Waals surface area contributed by atoms with Crippen LogP contribution in [0.1, 0.15) is 12.5 Å². The van der Waals surface area contributed by atoms with Gasteiger partial charge in [0.15, 0.2) is 0 Å². The second-order valence-electron chi connectivity index (χ2n) is 3.55. The largest absolute Gasteiger partial charge is 0.480 e. The number of benzene rings is 1. The van der Waals surface area contributed by atoms with Gasteiger partial charge in [0.1, 0.15) is 11.9 Å². The van der Waals surface area contributed by atoms with Crippen LogP contribution in [-0.4, -0.2) is 23.0 Å². The van der Waals surface area contributed by atoms with Crippen molar-refractivity contribution in [1.82, 2.24) is 10.9 Å². The summed E-state index contributed by atoms with van der Waals surface area (Å²) in [5.41, 5.74) is 5.27. The average Bonchev–Trinajstić information content (AvgIpc) is 2.26. The number of amides is 1. The third-order valence-corrected chi connectivity index (χ3v) is 2.07. The molecule has 0 saturated heterocycles. The lowest BCUT2D eigenvalue weighted by atomic mass is 10.1. The van der Waals surface area contributed by atoms with Crippen molar-refractivity contribution in [3.05, 3.63) is 35.6 Å². The van der Waals surface area contributed by atoms with Gasteiger partial charge in [-0.3, -0.25) is 15.0 Å². The van der Waals surface area contributed by atoms with Crippen LogP contribution in [0.5, 0.6) is 0 Å². The summed E-state index contributed by atoms with van der Waals surface area (Å²) in [6.45, 7) is 1.27. The van der Waals surface area contributed by atoms with Gasteiger partial charge in [0.25, 0.3) is 0 Å². The smallest absolute Gasteiger partial charge is 0.322 e. The third-order valence-electron chi connectivity index (χ3n) is 2.07. The first-order valence-corrected chi connectivity index (χ1v) is 4.98. The van der Waals surface area contributed by atoms with Gasteiger partial charge >= 0.3 is 5.97 Å². The van der Waals surface area contributed by atoms with Crippen LogP contribution in [-0.2, 0) is 16.0 Å². The van der Waals surface area contributed by atoms with Gasteiger partial charge in [0.2, 0.25) is 5.91 Å². The van der Waals surface area contributed by atoms with Gasteiger partial charge < -0.3 is 5.11 Å². The lowest BCUT2D eigenvalue weighted by Gasteiger charge is -2.14. The Morgan fingerprint density at radius 1 is 1.35 bits per heavy atom. The van der Waals surface area contributed by atoms with Crippen LogP contribution in [0.3, 0.4) is 0 Å². The minimum absolute atomic E-state index is 0.149. The predicted molar refractivity (Wildman–Crippen MR) is 58.5 cm³/mol. The van der Waals surface area contributed by atoms with Crippen LogP contribution >= 0.6 is 0 Å². The lowest BCUT2D eigenvalue weighted by Crippen LogP contribution is -2.48. The van der Waals surface area contributed by atoms with Crippen molar-refractivity contribution in [1.29, 1.82) is 0 Å². The minimum atomic E-state index is -1.09. The SMILES string of the molecule is CC(=O)NN[C@@H](Cc1ccc(F)cc1)C(=O)O. The number of rotatable bonds is 5. The van der Waals surface area contributed by atoms with Crippen molar-refractivity contribution in [2.75, 3.05) is 0 Å². The quantitative estimate of drug-likeness (QED) is 0.653. The van der Waals surface area contributed by atoms with E-state index in [9.17, 15) is 14.0 Å². The number of carbonyl (C=O) groups is 2. The van der Waals surface area contributed by atoms with Crippen LogP contribution in [0.2, 0.25) is 0 Å². The monoisotopic (exact) mass is 240 g/mol. The Bertz CT molecular complexity index is 406. The number of carbonyl (C=O) groups excluding carboxylic acids is 1. The Hall–Kier alpha value is -1.95. The first kappa shape index (κ1) is 13.1. The zero-order valence-electron chi connectivity index (χ0n) is 9.24. The van der Waals surface area contributed by atoms with E-state index in [4.69, 9.17) is 5.11 Å². The Morgan fingerprint density at radius 2 is 1.94 bits per heavy atom. The zero-order valence-corrected chi connectivity index (χ0v) is 9.24. The highest BCUT2D eigenvalue weighted by Gasteiger charge is 2.17. The highest BCUT2D eigenvalue weighted by molar-refractivity contribution is 5.76. The van der Waals surface area contributed by atoms with Crippen molar-refractivity contribution in [3.8, 4) is 0 Å². The molecule has 0 fully saturated rings. The van der Waals surface area contributed by atoms with Gasteiger partial charge in [-0.15, -0.1) is 0 Å². The molecule has 1 aromatic rings. The molecule has 17 heavy (non-hydrogen) atoms. The van der Waals surface area contributed by atoms with E-state index in [-0.39, 0.29) is 18.1 Å². The van der Waals surface area contributed by atoms with E-state index in [0.29, 0.717) is 5.56 Å². The molecule has 1 rings (SSSR count). The number of halogens is 1. The first-order valence-electron chi connectivity index (χ1n) is 4.98. The van der Waals surface area contributed by atoms with Crippen molar-refractivity contribution in [2.24, 2.45) is 0 Å². The van der Waals surface area contributed by atoms with E-state index in [1.807, 2.05) is 0 Å². The second-order valence-corrected chi connectivity index (χ2v) is 3.55. The van der Waals surface area contributed by atoms with Crippen molar-refractivity contribution in [3.63, 3.8) is 0 Å². The molecule has 0 saturated carbocycles. The van der Waals surface area contributed by atoms with Gasteiger partial charge in [0, 0.05) is 13.3 Å². The summed E-state index contributed by atoms with van der Waals surface area (Å²) in [6.07, 6.45) is 0.149. The normalized spacial score (nSPS) is 11.9. The van der Waals surface area contributed by atoms with Crippen LogP contribution in [0.15, 0.2) is 24.3 Å². The van der Waals surface area contributed by atoms with Crippen molar-refractivity contribution >= 4 is 11.9 Å². The lowest BCUT2D eigenvalue weighted by molar-refractivity contribution is -0.140. The van der Waals surface area contributed by atoms with Crippen LogP contribution in [0, 0.1) is 5.82 Å². The second kappa shape index (κ2) is 5.95. The van der Waals surface area contributed by atoms with Crippen LogP contribution in [0.25, 0.3) is 0 Å². The minimum Gasteiger partial charge on any atom is -0.480 e. The summed E-state index contributed by atoms with van der Waals surface area (Å²) in [6, 6.07) is 4.56. The number of aliphatic carboxylic acids is 1. The molecule has 0 aliphatic rings. The van der Waals surface area contributed by atoms with Gasteiger partial charge in [0.05, 0.1) is 0 Å². The third kappa shape index (κ3) is 4.60. The summed E-state index contributed by atoms with van der Waals surface area (Å²) >= 11 is 0. The number of hydrazine groups is 1. The van der Waals surface area contributed by atoms with Crippen molar-refractivity contribution in [2.45, 2.75) is 19.4 Å². The van der Waals surface area contributed by atoms with E-state index in [0.717, 1.165) is 0 Å². The molecule has 1 aromatic carbocycles. The number of nitrogens with one attached hydrogen (secondary N) is 2. The van der Waals surface area contributed by atoms with Crippen molar-refractivity contribution < 1.29 is 19.1 Å². The molecule has 1 amide bonds. The topological polar surface area (TPSA) is 78.4 Å². The standard InChI is InChI=1S/C11H13FN2O3/c1-7(15)13-14-10(11(16)17)6-8-2-4-9(12)5-3-8/h2-5,10,14H,6H2,1H3,(H,13,15)(H,16,17)/t10-/m0/s1. The molecule has 0 unspecified atom stereocenters. The van der Waals surface area contributed by atoms with Gasteiger partial charge in [-0.2, -0.15) is 0 Å². The van der Waals surface area contributed by atoms with Crippen LogP contribution in [0.4, 0.5) is 4.39 Å². The molecule has 6 heteroatoms. The molecule has 0 heterocycles. The molecule has 0 spiro atoms. The Kier molecular flexibility index (Phi) is 4.59. The maximum absolute atomic E-state index is 12.6. The molecule has 92 valence electrons. The fourth-order valence-electron chi connectivity index (χ4n) is 1.25. The summed E-state index contributed by atoms with van der Waals surface area (Å²) in [4.78, 5) is 21.5. The molecular formula is C11H13FN2O3. The number of hydrogen-bond acceptors (Lipinski definition) is 3. The molecule has 1 atom stereocenters. The van der Waals surface area contributed by atoms with E-state index in [1.165, 1.54) is 31.2 Å². The maximum atomic E-state index is 12.6. The fraction of sp³-hybridized carbons (Fsp3) is 0.273. The number of carboxylic acid groups (broad SMARTS) is 1. The fourth-order valence-corrected chi connectivity index (χ4v) is 1.25. The predicted octanol–water partition coefficient (Wildman–Crippen LogP) is 0.462. The molecular weight excluding hydrogens is 227 g/mol. The average molecular weight is 240 g/mol. The first-order chi connectivity index (χ1) is 7.99. The van der Waals surface area contributed by atoms with E-state index < -0.39 is 12.0 Å². The maximum Gasteiger partial charge on any atom is 0.322 e. The molecule has 5 nitrogen and oxygen atoms in total. The summed E-state index contributed by atoms with van der Waals surface area (Å²) in [5, 5.41) is 8.91. The zero-order chi connectivity index (χ0) is 12.8. The molecule has 0 aromatic heterocycles. The summed E-state index contributed by atoms with van der Waals surface area (Å²) < 4.78 is 12.6. The van der Waals surface area contributed by atoms with Gasteiger partial charge in [-0.05, 0) is 17.7 Å². The highest BCUT2D eigenvalue weighted by atomic mass is 19.1. The van der Waals surface area contributed by atoms with E-state index in [2.05, 4.69) is 10.9 Å². The molecule has 0 aliphatic heterocycles. The summed E-state index contributed by atoms with van der Waals surface area (Å²) in [7, 11) is 0. The number of carboxylic acids is 1. The molecule has 3 N–H and O–H groups in total. The van der Waals surface area contributed by atoms with Gasteiger partial charge in [-0.25, -0.2) is 9.82 Å². The number of hydrogen-bond donors (Lipinski definition) is 3. The molecule has 0 aliphatic carbocycles. The Morgan fingerprint density at radius 3 is 2.41 bits per heavy atom. The molecule has 0 radical (unpaired) electrons. The highest BCUT2D eigenvalue weighted by Crippen LogP contribution is 2.05. The Balaban J connectivity index is 2.63. The Labute approximate surface area is 97.6 Å². The van der Waals surface area contributed by atoms with Gasteiger partial charge in [-0.1, -0.05) is 12.1 Å². The van der Waals surface area contributed by atoms with E-state index >= 15 is 0 Å². The van der Waals surface area contributed by atoms with Crippen LogP contribution < -0.4 is 10.9 Å².